The van der Waals surface area contributed by atoms with E-state index in [0.29, 0.717) is 6.54 Å². The fourth-order valence-electron chi connectivity index (χ4n) is 2.82. The quantitative estimate of drug-likeness (QED) is 0.897. The van der Waals surface area contributed by atoms with Crippen LogP contribution < -0.4 is 10.2 Å². The second-order valence-electron chi connectivity index (χ2n) is 5.33. The summed E-state index contributed by atoms with van der Waals surface area (Å²) in [7, 11) is 1.69. The van der Waals surface area contributed by atoms with E-state index >= 15 is 0 Å². The molecule has 3 rings (SSSR count). The standard InChI is InChI=1S/C14H20N6O/c1-3-11-16-17-12-6-7-13(18-20(11)12)19-8-4-5-10(9-19)14(21)15-2/h6-7,10H,3-5,8-9H2,1-2H3,(H,15,21). The molecular formula is C14H20N6O. The van der Waals surface area contributed by atoms with Gasteiger partial charge in [0.2, 0.25) is 5.91 Å². The number of hydrogen-bond acceptors (Lipinski definition) is 5. The minimum Gasteiger partial charge on any atom is -0.359 e. The predicted molar refractivity (Wildman–Crippen MR) is 79.2 cm³/mol. The minimum atomic E-state index is 0.0350. The van der Waals surface area contributed by atoms with Crippen molar-refractivity contribution in [2.45, 2.75) is 26.2 Å². The summed E-state index contributed by atoms with van der Waals surface area (Å²) in [5.41, 5.74) is 0.760. The van der Waals surface area contributed by atoms with Crippen molar-refractivity contribution >= 4 is 17.4 Å². The van der Waals surface area contributed by atoms with Crippen molar-refractivity contribution in [1.29, 1.82) is 0 Å². The van der Waals surface area contributed by atoms with Crippen LogP contribution in [0.5, 0.6) is 0 Å². The zero-order valence-corrected chi connectivity index (χ0v) is 12.4. The van der Waals surface area contributed by atoms with Gasteiger partial charge in [-0.05, 0) is 25.0 Å². The number of carbonyl (C=O) groups excluding carboxylic acids is 1. The van der Waals surface area contributed by atoms with Gasteiger partial charge >= 0.3 is 0 Å². The zero-order chi connectivity index (χ0) is 14.8. The number of piperidine rings is 1. The summed E-state index contributed by atoms with van der Waals surface area (Å²) in [4.78, 5) is 14.0. The molecule has 1 amide bonds. The Balaban J connectivity index is 1.87. The van der Waals surface area contributed by atoms with Gasteiger partial charge in [0.05, 0.1) is 5.92 Å². The molecule has 1 saturated heterocycles. The first-order chi connectivity index (χ1) is 10.2. The van der Waals surface area contributed by atoms with E-state index in [1.807, 2.05) is 19.1 Å². The van der Waals surface area contributed by atoms with Crippen LogP contribution in [0.25, 0.3) is 5.65 Å². The molecule has 7 heteroatoms. The molecule has 0 aliphatic carbocycles. The van der Waals surface area contributed by atoms with Crippen molar-refractivity contribution < 1.29 is 4.79 Å². The molecule has 1 aliphatic heterocycles. The molecule has 0 bridgehead atoms. The third-order valence-electron chi connectivity index (χ3n) is 3.99. The van der Waals surface area contributed by atoms with Gasteiger partial charge < -0.3 is 10.2 Å². The number of carbonyl (C=O) groups is 1. The Labute approximate surface area is 123 Å². The second kappa shape index (κ2) is 5.67. The molecule has 1 unspecified atom stereocenters. The first kappa shape index (κ1) is 13.8. The SMILES string of the molecule is CCc1nnc2ccc(N3CCCC(C(=O)NC)C3)nn12. The van der Waals surface area contributed by atoms with E-state index in [1.54, 1.807) is 11.6 Å². The Bertz CT molecular complexity index is 652. The van der Waals surface area contributed by atoms with Crippen LogP contribution in [0.1, 0.15) is 25.6 Å². The van der Waals surface area contributed by atoms with Gasteiger partial charge in [-0.1, -0.05) is 6.92 Å². The lowest BCUT2D eigenvalue weighted by Crippen LogP contribution is -2.42. The lowest BCUT2D eigenvalue weighted by atomic mass is 9.97. The van der Waals surface area contributed by atoms with Crippen LogP contribution >= 0.6 is 0 Å². The maximum absolute atomic E-state index is 11.8. The highest BCUT2D eigenvalue weighted by molar-refractivity contribution is 5.79. The Morgan fingerprint density at radius 3 is 3.05 bits per heavy atom. The number of amides is 1. The van der Waals surface area contributed by atoms with Crippen LogP contribution in [0, 0.1) is 5.92 Å². The molecular weight excluding hydrogens is 268 g/mol. The Morgan fingerprint density at radius 2 is 2.29 bits per heavy atom. The van der Waals surface area contributed by atoms with Gasteiger partial charge in [-0.2, -0.15) is 4.52 Å². The molecule has 2 aromatic heterocycles. The normalized spacial score (nSPS) is 19.0. The first-order valence-electron chi connectivity index (χ1n) is 7.40. The van der Waals surface area contributed by atoms with E-state index in [9.17, 15) is 4.79 Å². The van der Waals surface area contributed by atoms with Gasteiger partial charge in [0.15, 0.2) is 11.5 Å². The lowest BCUT2D eigenvalue weighted by molar-refractivity contribution is -0.124. The van der Waals surface area contributed by atoms with E-state index in [2.05, 4.69) is 25.5 Å². The van der Waals surface area contributed by atoms with Gasteiger partial charge in [-0.25, -0.2) is 0 Å². The number of hydrogen-bond donors (Lipinski definition) is 1. The summed E-state index contributed by atoms with van der Waals surface area (Å²) in [5, 5.41) is 15.6. The Hall–Kier alpha value is -2.18. The average Bonchev–Trinajstić information content (AvgIpc) is 2.96. The average molecular weight is 288 g/mol. The van der Waals surface area contributed by atoms with Gasteiger partial charge in [0.25, 0.3) is 0 Å². The Kier molecular flexibility index (Phi) is 3.72. The van der Waals surface area contributed by atoms with Crippen molar-refractivity contribution in [1.82, 2.24) is 25.1 Å². The number of nitrogens with one attached hydrogen (secondary N) is 1. The molecule has 112 valence electrons. The molecule has 1 fully saturated rings. The summed E-state index contributed by atoms with van der Waals surface area (Å²) < 4.78 is 1.79. The van der Waals surface area contributed by atoms with Gasteiger partial charge in [0, 0.05) is 26.6 Å². The number of anilines is 1. The highest BCUT2D eigenvalue weighted by Crippen LogP contribution is 2.22. The predicted octanol–water partition coefficient (Wildman–Crippen LogP) is 0.649. The largest absolute Gasteiger partial charge is 0.359 e. The highest BCUT2D eigenvalue weighted by atomic mass is 16.1. The fraction of sp³-hybridized carbons (Fsp3) is 0.571. The minimum absolute atomic E-state index is 0.0350. The van der Waals surface area contributed by atoms with E-state index in [0.717, 1.165) is 43.1 Å². The van der Waals surface area contributed by atoms with E-state index < -0.39 is 0 Å². The molecule has 1 aliphatic rings. The van der Waals surface area contributed by atoms with E-state index in [1.165, 1.54) is 0 Å². The van der Waals surface area contributed by atoms with E-state index in [-0.39, 0.29) is 11.8 Å². The zero-order valence-electron chi connectivity index (χ0n) is 12.4. The van der Waals surface area contributed by atoms with Crippen LogP contribution in [-0.2, 0) is 11.2 Å². The summed E-state index contributed by atoms with van der Waals surface area (Å²) >= 11 is 0. The third-order valence-corrected chi connectivity index (χ3v) is 3.99. The maximum Gasteiger partial charge on any atom is 0.224 e. The molecule has 0 aromatic carbocycles. The fourth-order valence-corrected chi connectivity index (χ4v) is 2.82. The smallest absolute Gasteiger partial charge is 0.224 e. The van der Waals surface area contributed by atoms with Crippen LogP contribution in [0.3, 0.4) is 0 Å². The van der Waals surface area contributed by atoms with Crippen LogP contribution in [0.15, 0.2) is 12.1 Å². The maximum atomic E-state index is 11.8. The molecule has 0 radical (unpaired) electrons. The van der Waals surface area contributed by atoms with E-state index in [4.69, 9.17) is 0 Å². The van der Waals surface area contributed by atoms with Crippen molar-refractivity contribution in [2.24, 2.45) is 5.92 Å². The molecule has 3 heterocycles. The number of aryl methyl sites for hydroxylation is 1. The van der Waals surface area contributed by atoms with Crippen molar-refractivity contribution in [3.8, 4) is 0 Å². The lowest BCUT2D eigenvalue weighted by Gasteiger charge is -2.32. The van der Waals surface area contributed by atoms with Crippen LogP contribution in [0.2, 0.25) is 0 Å². The summed E-state index contributed by atoms with van der Waals surface area (Å²) in [6.45, 7) is 3.67. The highest BCUT2D eigenvalue weighted by Gasteiger charge is 2.26. The topological polar surface area (TPSA) is 75.4 Å². The van der Waals surface area contributed by atoms with Gasteiger partial charge in [-0.3, -0.25) is 4.79 Å². The molecule has 21 heavy (non-hydrogen) atoms. The molecule has 0 saturated carbocycles. The van der Waals surface area contributed by atoms with Crippen molar-refractivity contribution in [3.63, 3.8) is 0 Å². The van der Waals surface area contributed by atoms with Gasteiger partial charge in [-0.15, -0.1) is 15.3 Å². The van der Waals surface area contributed by atoms with Crippen molar-refractivity contribution in [3.05, 3.63) is 18.0 Å². The molecule has 1 atom stereocenters. The Morgan fingerprint density at radius 1 is 1.43 bits per heavy atom. The number of fused-ring (bicyclic) bond motifs is 1. The second-order valence-corrected chi connectivity index (χ2v) is 5.33. The number of aromatic nitrogens is 4. The third kappa shape index (κ3) is 2.55. The van der Waals surface area contributed by atoms with Gasteiger partial charge in [0.1, 0.15) is 5.82 Å². The van der Waals surface area contributed by atoms with Crippen LogP contribution in [-0.4, -0.2) is 45.9 Å². The summed E-state index contributed by atoms with van der Waals surface area (Å²) in [6.07, 6.45) is 2.73. The number of nitrogens with zero attached hydrogens (tertiary/aromatic N) is 5. The summed E-state index contributed by atoms with van der Waals surface area (Å²) in [6, 6.07) is 3.88. The van der Waals surface area contributed by atoms with Crippen molar-refractivity contribution in [2.75, 3.05) is 25.0 Å². The van der Waals surface area contributed by atoms with Crippen LogP contribution in [0.4, 0.5) is 5.82 Å². The molecule has 0 spiro atoms. The molecule has 2 aromatic rings. The number of rotatable bonds is 3. The molecule has 1 N–H and O–H groups in total. The monoisotopic (exact) mass is 288 g/mol. The first-order valence-corrected chi connectivity index (χ1v) is 7.40. The summed E-state index contributed by atoms with van der Waals surface area (Å²) in [5.74, 6) is 1.88. The molecule has 7 nitrogen and oxygen atoms in total.